The molecule has 25 heavy (non-hydrogen) atoms. The molecule has 2 aromatic rings. The Kier molecular flexibility index (Phi) is 3.85. The maximum atomic E-state index is 12.2. The average molecular weight is 361 g/mol. The molecule has 9 nitrogen and oxygen atoms in total. The third-order valence-electron chi connectivity index (χ3n) is 3.79. The molecule has 3 rings (SSSR count). The summed E-state index contributed by atoms with van der Waals surface area (Å²) in [4.78, 5) is 35.7. The molecule has 1 amide bonds. The smallest absolute Gasteiger partial charge is 0.299 e. The Balaban J connectivity index is 2.06. The predicted octanol–water partition coefficient (Wildman–Crippen LogP) is 0.972. The topological polar surface area (TPSA) is 141 Å². The van der Waals surface area contributed by atoms with Crippen LogP contribution in [0.25, 0.3) is 0 Å². The number of anilines is 1. The summed E-state index contributed by atoms with van der Waals surface area (Å²) in [5.41, 5.74) is 0.144. The number of primary sulfonamides is 1. The standard InChI is InChI=1S/C15H11N3O6S/c16-25(23,24)10-5-6-13-11(7-10)14(19)15(20)17(13)8-9-3-1-2-4-12(9)18(21)22/h1-7H,8H2,(H2,16,23,24). The van der Waals surface area contributed by atoms with Gasteiger partial charge in [-0.25, -0.2) is 13.6 Å². The molecule has 0 saturated heterocycles. The van der Waals surface area contributed by atoms with Crippen molar-refractivity contribution in [3.8, 4) is 0 Å². The number of carbonyl (C=O) groups is 2. The molecular formula is C15H11N3O6S. The lowest BCUT2D eigenvalue weighted by atomic mass is 10.1. The van der Waals surface area contributed by atoms with Crippen LogP contribution in [0.4, 0.5) is 11.4 Å². The van der Waals surface area contributed by atoms with Crippen LogP contribution < -0.4 is 10.0 Å². The number of Topliss-reactive ketones (excluding diaryl/α,β-unsaturated/α-hetero) is 1. The largest absolute Gasteiger partial charge is 0.300 e. The molecule has 0 saturated carbocycles. The Bertz CT molecular complexity index is 1030. The Morgan fingerprint density at radius 3 is 2.44 bits per heavy atom. The van der Waals surface area contributed by atoms with E-state index in [-0.39, 0.29) is 33.9 Å². The van der Waals surface area contributed by atoms with Gasteiger partial charge in [-0.3, -0.25) is 19.7 Å². The van der Waals surface area contributed by atoms with Crippen molar-refractivity contribution in [2.45, 2.75) is 11.4 Å². The molecule has 0 spiro atoms. The van der Waals surface area contributed by atoms with Gasteiger partial charge in [-0.2, -0.15) is 0 Å². The summed E-state index contributed by atoms with van der Waals surface area (Å²) in [5, 5.41) is 16.1. The fourth-order valence-corrected chi connectivity index (χ4v) is 3.15. The SMILES string of the molecule is NS(=O)(=O)c1ccc2c(c1)C(=O)C(=O)N2Cc1ccccc1[N+](=O)[O-]. The van der Waals surface area contributed by atoms with Gasteiger partial charge >= 0.3 is 0 Å². The first-order valence-corrected chi connectivity index (χ1v) is 8.50. The molecule has 0 aliphatic carbocycles. The number of fused-ring (bicyclic) bond motifs is 1. The van der Waals surface area contributed by atoms with Gasteiger partial charge in [-0.05, 0) is 18.2 Å². The fourth-order valence-electron chi connectivity index (χ4n) is 2.61. The number of rotatable bonds is 4. The zero-order valence-electron chi connectivity index (χ0n) is 12.6. The average Bonchev–Trinajstić information content (AvgIpc) is 2.79. The molecule has 128 valence electrons. The zero-order valence-corrected chi connectivity index (χ0v) is 13.4. The number of benzene rings is 2. The highest BCUT2D eigenvalue weighted by Gasteiger charge is 2.37. The molecule has 0 radical (unpaired) electrons. The number of ketones is 1. The molecule has 1 aliphatic rings. The highest BCUT2D eigenvalue weighted by Crippen LogP contribution is 2.33. The number of para-hydroxylation sites is 1. The van der Waals surface area contributed by atoms with Crippen LogP contribution in [0.3, 0.4) is 0 Å². The lowest BCUT2D eigenvalue weighted by Crippen LogP contribution is -2.29. The van der Waals surface area contributed by atoms with Crippen molar-refractivity contribution in [1.29, 1.82) is 0 Å². The molecule has 0 atom stereocenters. The number of nitro benzene ring substituents is 1. The second kappa shape index (κ2) is 5.76. The summed E-state index contributed by atoms with van der Waals surface area (Å²) < 4.78 is 22.8. The van der Waals surface area contributed by atoms with Crippen LogP contribution in [0, 0.1) is 10.1 Å². The number of amides is 1. The second-order valence-electron chi connectivity index (χ2n) is 5.33. The monoisotopic (exact) mass is 361 g/mol. The van der Waals surface area contributed by atoms with E-state index >= 15 is 0 Å². The van der Waals surface area contributed by atoms with Gasteiger partial charge in [0.1, 0.15) is 0 Å². The maximum Gasteiger partial charge on any atom is 0.299 e. The number of carbonyl (C=O) groups excluding carboxylic acids is 2. The van der Waals surface area contributed by atoms with Crippen LogP contribution in [0.2, 0.25) is 0 Å². The maximum absolute atomic E-state index is 12.2. The van der Waals surface area contributed by atoms with E-state index in [1.165, 1.54) is 30.3 Å². The molecule has 2 N–H and O–H groups in total. The van der Waals surface area contributed by atoms with Crippen LogP contribution in [0.1, 0.15) is 15.9 Å². The minimum Gasteiger partial charge on any atom is -0.300 e. The molecule has 0 bridgehead atoms. The number of sulfonamides is 1. The molecule has 1 aliphatic heterocycles. The lowest BCUT2D eigenvalue weighted by molar-refractivity contribution is -0.385. The quantitative estimate of drug-likeness (QED) is 0.489. The van der Waals surface area contributed by atoms with Crippen LogP contribution in [0.5, 0.6) is 0 Å². The van der Waals surface area contributed by atoms with Crippen LogP contribution in [-0.4, -0.2) is 25.0 Å². The molecule has 2 aromatic carbocycles. The minimum atomic E-state index is -4.03. The van der Waals surface area contributed by atoms with E-state index in [1.807, 2.05) is 0 Å². The first kappa shape index (κ1) is 16.7. The predicted molar refractivity (Wildman–Crippen MR) is 86.4 cm³/mol. The highest BCUT2D eigenvalue weighted by atomic mass is 32.2. The normalized spacial score (nSPS) is 13.9. The van der Waals surface area contributed by atoms with Crippen molar-refractivity contribution in [2.75, 3.05) is 4.90 Å². The number of nitrogens with zero attached hydrogens (tertiary/aromatic N) is 2. The van der Waals surface area contributed by atoms with E-state index in [0.717, 1.165) is 11.0 Å². The van der Waals surface area contributed by atoms with Crippen LogP contribution in [-0.2, 0) is 21.4 Å². The van der Waals surface area contributed by atoms with Crippen molar-refractivity contribution in [3.63, 3.8) is 0 Å². The van der Waals surface area contributed by atoms with Gasteiger partial charge in [0.25, 0.3) is 17.4 Å². The van der Waals surface area contributed by atoms with Gasteiger partial charge in [0.2, 0.25) is 10.0 Å². The van der Waals surface area contributed by atoms with E-state index in [1.54, 1.807) is 6.07 Å². The molecule has 0 unspecified atom stereocenters. The molecule has 0 aromatic heterocycles. The zero-order chi connectivity index (χ0) is 18.4. The van der Waals surface area contributed by atoms with Gasteiger partial charge in [0.05, 0.1) is 27.6 Å². The summed E-state index contributed by atoms with van der Waals surface area (Å²) >= 11 is 0. The van der Waals surface area contributed by atoms with Gasteiger partial charge in [0, 0.05) is 11.6 Å². The molecule has 1 heterocycles. The van der Waals surface area contributed by atoms with Crippen molar-refractivity contribution in [3.05, 3.63) is 63.7 Å². The van der Waals surface area contributed by atoms with Gasteiger partial charge < -0.3 is 4.90 Å². The van der Waals surface area contributed by atoms with Crippen molar-refractivity contribution in [2.24, 2.45) is 5.14 Å². The Morgan fingerprint density at radius 1 is 1.12 bits per heavy atom. The number of hydrogen-bond acceptors (Lipinski definition) is 6. The first-order valence-electron chi connectivity index (χ1n) is 6.95. The Morgan fingerprint density at radius 2 is 1.80 bits per heavy atom. The number of nitrogens with two attached hydrogens (primary N) is 1. The molecular weight excluding hydrogens is 350 g/mol. The fraction of sp³-hybridized carbons (Fsp3) is 0.0667. The Hall–Kier alpha value is -3.11. The molecule has 10 heteroatoms. The van der Waals surface area contributed by atoms with Gasteiger partial charge in [-0.15, -0.1) is 0 Å². The first-order chi connectivity index (χ1) is 11.7. The van der Waals surface area contributed by atoms with Gasteiger partial charge in [-0.1, -0.05) is 18.2 Å². The van der Waals surface area contributed by atoms with Crippen molar-refractivity contribution in [1.82, 2.24) is 0 Å². The second-order valence-corrected chi connectivity index (χ2v) is 6.89. The van der Waals surface area contributed by atoms with Crippen LogP contribution >= 0.6 is 0 Å². The van der Waals surface area contributed by atoms with Crippen molar-refractivity contribution < 1.29 is 22.9 Å². The summed E-state index contributed by atoms with van der Waals surface area (Å²) in [7, 11) is -4.03. The van der Waals surface area contributed by atoms with E-state index < -0.39 is 26.6 Å². The van der Waals surface area contributed by atoms with E-state index in [9.17, 15) is 28.1 Å². The van der Waals surface area contributed by atoms with E-state index in [4.69, 9.17) is 5.14 Å². The lowest BCUT2D eigenvalue weighted by Gasteiger charge is -2.16. The summed E-state index contributed by atoms with van der Waals surface area (Å²) in [6.45, 7) is -0.191. The number of hydrogen-bond donors (Lipinski definition) is 1. The van der Waals surface area contributed by atoms with Crippen LogP contribution in [0.15, 0.2) is 47.4 Å². The Labute approximate surface area is 141 Å². The van der Waals surface area contributed by atoms with E-state index in [0.29, 0.717) is 0 Å². The highest BCUT2D eigenvalue weighted by molar-refractivity contribution is 7.89. The molecule has 0 fully saturated rings. The summed E-state index contributed by atoms with van der Waals surface area (Å²) in [5.74, 6) is -1.78. The summed E-state index contributed by atoms with van der Waals surface area (Å²) in [6, 6.07) is 9.33. The van der Waals surface area contributed by atoms with E-state index in [2.05, 4.69) is 0 Å². The summed E-state index contributed by atoms with van der Waals surface area (Å²) in [6.07, 6.45) is 0. The number of nitro groups is 1. The van der Waals surface area contributed by atoms with Gasteiger partial charge in [0.15, 0.2) is 0 Å². The third-order valence-corrected chi connectivity index (χ3v) is 4.70. The minimum absolute atomic E-state index is 0.102. The third kappa shape index (κ3) is 2.88. The van der Waals surface area contributed by atoms with Crippen molar-refractivity contribution >= 4 is 33.1 Å².